The summed E-state index contributed by atoms with van der Waals surface area (Å²) in [6.07, 6.45) is 18.7. The number of carbonyl (C=O) groups is 1. The van der Waals surface area contributed by atoms with E-state index in [1.165, 1.54) is 88.4 Å². The molecule has 0 spiro atoms. The summed E-state index contributed by atoms with van der Waals surface area (Å²) in [5.41, 5.74) is 2.24. The molecule has 0 amide bonds. The van der Waals surface area contributed by atoms with Crippen LogP contribution in [0.5, 0.6) is 5.75 Å². The lowest BCUT2D eigenvalue weighted by Gasteiger charge is -2.33. The predicted octanol–water partition coefficient (Wildman–Crippen LogP) is 10.3. The Hall–Kier alpha value is -2.56. The predicted molar refractivity (Wildman–Crippen MR) is 168 cm³/mol. The number of ether oxygens (including phenoxy) is 2. The molecule has 0 N–H and O–H groups in total. The van der Waals surface area contributed by atoms with Crippen LogP contribution in [0, 0.1) is 11.7 Å². The van der Waals surface area contributed by atoms with E-state index < -0.39 is 11.8 Å². The van der Waals surface area contributed by atoms with Crippen molar-refractivity contribution in [3.05, 3.63) is 59.4 Å². The number of hydrogen-bond donors (Lipinski definition) is 0. The van der Waals surface area contributed by atoms with E-state index in [0.29, 0.717) is 12.4 Å². The third-order valence-electron chi connectivity index (χ3n) is 8.47. The van der Waals surface area contributed by atoms with E-state index in [0.717, 1.165) is 50.3 Å². The third-order valence-corrected chi connectivity index (χ3v) is 8.47. The number of anilines is 1. The molecule has 1 saturated heterocycles. The van der Waals surface area contributed by atoms with Crippen molar-refractivity contribution in [1.29, 1.82) is 0 Å². The molecular formula is C36H54FNO3. The monoisotopic (exact) mass is 567 g/mol. The van der Waals surface area contributed by atoms with Gasteiger partial charge in [0.15, 0.2) is 0 Å². The zero-order chi connectivity index (χ0) is 29.3. The standard InChI is InChI=1S/C36H54FNO3/c1-4-6-8-10-11-12-14-16-30-23-25-38(26-24-30)32-19-17-31(18-20-32)28-40-33-21-22-34(35(37)27-33)36(39)41-29(3)15-13-9-7-5-2/h17-22,27,29-30H,4-16,23-26,28H2,1-3H3/t29-/m1/s1. The molecule has 2 aromatic carbocycles. The van der Waals surface area contributed by atoms with Gasteiger partial charge in [-0.15, -0.1) is 0 Å². The van der Waals surface area contributed by atoms with E-state index in [2.05, 4.69) is 43.0 Å². The summed E-state index contributed by atoms with van der Waals surface area (Å²) in [6, 6.07) is 12.9. The SMILES string of the molecule is CCCCCCCCCC1CCN(c2ccc(COc3ccc(C(=O)O[C@H](C)CCCCCC)c(F)c3)cc2)CC1. The summed E-state index contributed by atoms with van der Waals surface area (Å²) < 4.78 is 26.0. The molecule has 41 heavy (non-hydrogen) atoms. The Bertz CT molecular complexity index is 1000. The van der Waals surface area contributed by atoms with Crippen molar-refractivity contribution in [3.63, 3.8) is 0 Å². The van der Waals surface area contributed by atoms with Crippen LogP contribution in [-0.2, 0) is 11.3 Å². The Balaban J connectivity index is 1.36. The molecule has 1 aliphatic rings. The van der Waals surface area contributed by atoms with Crippen molar-refractivity contribution >= 4 is 11.7 Å². The van der Waals surface area contributed by atoms with Gasteiger partial charge in [-0.3, -0.25) is 0 Å². The minimum Gasteiger partial charge on any atom is -0.489 e. The topological polar surface area (TPSA) is 38.8 Å². The molecule has 0 unspecified atom stereocenters. The molecule has 3 rings (SSSR count). The lowest BCUT2D eigenvalue weighted by atomic mass is 9.90. The van der Waals surface area contributed by atoms with Crippen LogP contribution in [0.1, 0.15) is 133 Å². The molecule has 0 radical (unpaired) electrons. The second-order valence-corrected chi connectivity index (χ2v) is 12.0. The highest BCUT2D eigenvalue weighted by molar-refractivity contribution is 5.90. The average Bonchev–Trinajstić information content (AvgIpc) is 2.98. The molecule has 0 saturated carbocycles. The first kappa shape index (κ1) is 32.9. The van der Waals surface area contributed by atoms with Gasteiger partial charge >= 0.3 is 5.97 Å². The molecule has 5 heteroatoms. The van der Waals surface area contributed by atoms with Crippen LogP contribution in [0.4, 0.5) is 10.1 Å². The minimum atomic E-state index is -0.616. The molecule has 0 bridgehead atoms. The molecule has 1 atom stereocenters. The van der Waals surface area contributed by atoms with Crippen LogP contribution >= 0.6 is 0 Å². The second kappa shape index (κ2) is 18.8. The Labute approximate surface area is 249 Å². The Morgan fingerprint density at radius 2 is 1.51 bits per heavy atom. The van der Waals surface area contributed by atoms with E-state index in [1.54, 1.807) is 6.07 Å². The number of piperidine rings is 1. The molecule has 4 nitrogen and oxygen atoms in total. The molecule has 228 valence electrons. The maximum Gasteiger partial charge on any atom is 0.341 e. The summed E-state index contributed by atoms with van der Waals surface area (Å²) in [5, 5.41) is 0. The fourth-order valence-corrected chi connectivity index (χ4v) is 5.75. The number of rotatable bonds is 19. The lowest BCUT2D eigenvalue weighted by Crippen LogP contribution is -2.33. The zero-order valence-electron chi connectivity index (χ0n) is 26.0. The van der Waals surface area contributed by atoms with Crippen LogP contribution in [0.15, 0.2) is 42.5 Å². The van der Waals surface area contributed by atoms with E-state index in [1.807, 2.05) is 6.92 Å². The number of carbonyl (C=O) groups excluding carboxylic acids is 1. The van der Waals surface area contributed by atoms with Crippen LogP contribution in [0.3, 0.4) is 0 Å². The first-order valence-electron chi connectivity index (χ1n) is 16.5. The highest BCUT2D eigenvalue weighted by Crippen LogP contribution is 2.27. The van der Waals surface area contributed by atoms with Gasteiger partial charge in [0.25, 0.3) is 0 Å². The quantitative estimate of drug-likeness (QED) is 0.125. The van der Waals surface area contributed by atoms with E-state index in [4.69, 9.17) is 9.47 Å². The van der Waals surface area contributed by atoms with Crippen molar-refractivity contribution in [3.8, 4) is 5.75 Å². The molecule has 0 aliphatic carbocycles. The number of unbranched alkanes of at least 4 members (excludes halogenated alkanes) is 9. The first-order valence-corrected chi connectivity index (χ1v) is 16.5. The van der Waals surface area contributed by atoms with Crippen LogP contribution in [0.2, 0.25) is 0 Å². The highest BCUT2D eigenvalue weighted by atomic mass is 19.1. The van der Waals surface area contributed by atoms with Gasteiger partial charge in [0.2, 0.25) is 0 Å². The van der Waals surface area contributed by atoms with Gasteiger partial charge in [-0.1, -0.05) is 96.6 Å². The van der Waals surface area contributed by atoms with E-state index >= 15 is 0 Å². The second-order valence-electron chi connectivity index (χ2n) is 12.0. The summed E-state index contributed by atoms with van der Waals surface area (Å²) in [7, 11) is 0. The molecule has 1 heterocycles. The van der Waals surface area contributed by atoms with Crippen LogP contribution in [0.25, 0.3) is 0 Å². The fraction of sp³-hybridized carbons (Fsp3) is 0.639. The summed E-state index contributed by atoms with van der Waals surface area (Å²) >= 11 is 0. The van der Waals surface area contributed by atoms with Crippen molar-refractivity contribution < 1.29 is 18.7 Å². The third kappa shape index (κ3) is 12.1. The molecule has 0 aromatic heterocycles. The maximum atomic E-state index is 14.7. The number of benzene rings is 2. The van der Waals surface area contributed by atoms with Gasteiger partial charge < -0.3 is 14.4 Å². The smallest absolute Gasteiger partial charge is 0.341 e. The molecular weight excluding hydrogens is 513 g/mol. The maximum absolute atomic E-state index is 14.7. The van der Waals surface area contributed by atoms with Gasteiger partial charge in [0.1, 0.15) is 18.2 Å². The lowest BCUT2D eigenvalue weighted by molar-refractivity contribution is 0.0314. The van der Waals surface area contributed by atoms with E-state index in [9.17, 15) is 9.18 Å². The van der Waals surface area contributed by atoms with Gasteiger partial charge in [0.05, 0.1) is 11.7 Å². The number of hydrogen-bond acceptors (Lipinski definition) is 4. The van der Waals surface area contributed by atoms with Crippen molar-refractivity contribution in [2.75, 3.05) is 18.0 Å². The fourth-order valence-electron chi connectivity index (χ4n) is 5.75. The summed E-state index contributed by atoms with van der Waals surface area (Å²) in [5.74, 6) is 0.0480. The first-order chi connectivity index (χ1) is 20.0. The van der Waals surface area contributed by atoms with Gasteiger partial charge in [-0.2, -0.15) is 0 Å². The van der Waals surface area contributed by atoms with Crippen LogP contribution in [-0.4, -0.2) is 25.2 Å². The Morgan fingerprint density at radius 1 is 0.878 bits per heavy atom. The van der Waals surface area contributed by atoms with Crippen molar-refractivity contribution in [1.82, 2.24) is 0 Å². The summed E-state index contributed by atoms with van der Waals surface area (Å²) in [4.78, 5) is 14.9. The van der Waals surface area contributed by atoms with Gasteiger partial charge in [-0.05, 0) is 68.4 Å². The van der Waals surface area contributed by atoms with Gasteiger partial charge in [-0.25, -0.2) is 9.18 Å². The van der Waals surface area contributed by atoms with Gasteiger partial charge in [0, 0.05) is 24.8 Å². The zero-order valence-corrected chi connectivity index (χ0v) is 26.0. The minimum absolute atomic E-state index is 0.0479. The largest absolute Gasteiger partial charge is 0.489 e. The Kier molecular flexibility index (Phi) is 15.1. The number of halogens is 1. The Morgan fingerprint density at radius 3 is 2.17 bits per heavy atom. The molecule has 1 aliphatic heterocycles. The normalized spacial score (nSPS) is 14.7. The number of esters is 1. The molecule has 1 fully saturated rings. The highest BCUT2D eigenvalue weighted by Gasteiger charge is 2.20. The number of nitrogens with zero attached hydrogens (tertiary/aromatic N) is 1. The average molecular weight is 568 g/mol. The van der Waals surface area contributed by atoms with Crippen LogP contribution < -0.4 is 9.64 Å². The van der Waals surface area contributed by atoms with E-state index in [-0.39, 0.29) is 11.7 Å². The summed E-state index contributed by atoms with van der Waals surface area (Å²) in [6.45, 7) is 8.91. The molecule has 2 aromatic rings. The van der Waals surface area contributed by atoms with Crippen molar-refractivity contribution in [2.24, 2.45) is 5.92 Å². The van der Waals surface area contributed by atoms with Crippen molar-refractivity contribution in [2.45, 2.75) is 130 Å².